The highest BCUT2D eigenvalue weighted by Gasteiger charge is 2.27. The van der Waals surface area contributed by atoms with E-state index < -0.39 is 9.85 Å². The topological polar surface area (TPSA) is 106 Å². The van der Waals surface area contributed by atoms with Gasteiger partial charge in [0.05, 0.1) is 32.9 Å². The first-order valence-corrected chi connectivity index (χ1v) is 7.13. The van der Waals surface area contributed by atoms with E-state index in [1.807, 2.05) is 24.3 Å². The van der Waals surface area contributed by atoms with Crippen molar-refractivity contribution >= 4 is 44.2 Å². The minimum Gasteiger partial charge on any atom is -0.349 e. The Morgan fingerprint density at radius 2 is 1.71 bits per heavy atom. The number of fused-ring (bicyclic) bond motifs is 4. The predicted octanol–water partition coefficient (Wildman–Crippen LogP) is 3.12. The SMILES string of the molecule is C[n+]1c2cc([N+](=O)[O-])cc([N+](=O)[O-])c2cc2[nH]c3ccccc3c21. The third-order valence-corrected chi connectivity index (χ3v) is 4.22. The molecule has 0 saturated carbocycles. The first-order chi connectivity index (χ1) is 11.5. The van der Waals surface area contributed by atoms with Crippen molar-refractivity contribution < 1.29 is 14.4 Å². The van der Waals surface area contributed by atoms with E-state index >= 15 is 0 Å². The second-order valence-corrected chi connectivity index (χ2v) is 5.55. The van der Waals surface area contributed by atoms with E-state index in [1.54, 1.807) is 17.7 Å². The van der Waals surface area contributed by atoms with E-state index in [0.717, 1.165) is 28.0 Å². The number of rotatable bonds is 2. The van der Waals surface area contributed by atoms with Gasteiger partial charge in [0.25, 0.3) is 11.4 Å². The molecule has 0 radical (unpaired) electrons. The highest BCUT2D eigenvalue weighted by atomic mass is 16.6. The number of non-ortho nitro benzene ring substituents is 2. The molecule has 2 aromatic carbocycles. The first-order valence-electron chi connectivity index (χ1n) is 7.13. The van der Waals surface area contributed by atoms with E-state index in [-0.39, 0.29) is 11.4 Å². The van der Waals surface area contributed by atoms with Crippen molar-refractivity contribution in [3.63, 3.8) is 0 Å². The molecule has 0 unspecified atom stereocenters. The summed E-state index contributed by atoms with van der Waals surface area (Å²) in [4.78, 5) is 24.5. The molecule has 2 aromatic heterocycles. The van der Waals surface area contributed by atoms with E-state index in [2.05, 4.69) is 4.98 Å². The second-order valence-electron chi connectivity index (χ2n) is 5.55. The molecule has 8 nitrogen and oxygen atoms in total. The third kappa shape index (κ3) is 1.83. The molecule has 0 fully saturated rings. The number of para-hydroxylation sites is 1. The molecule has 4 aromatic rings. The number of nitrogens with one attached hydrogen (secondary N) is 1. The lowest BCUT2D eigenvalue weighted by Gasteiger charge is -2.01. The number of aromatic nitrogens is 2. The highest BCUT2D eigenvalue weighted by Crippen LogP contribution is 2.33. The summed E-state index contributed by atoms with van der Waals surface area (Å²) in [6.45, 7) is 0. The van der Waals surface area contributed by atoms with E-state index in [9.17, 15) is 20.2 Å². The smallest absolute Gasteiger partial charge is 0.290 e. The zero-order valence-corrected chi connectivity index (χ0v) is 12.5. The fourth-order valence-corrected chi connectivity index (χ4v) is 3.17. The molecule has 0 amide bonds. The number of pyridine rings is 1. The summed E-state index contributed by atoms with van der Waals surface area (Å²) >= 11 is 0. The van der Waals surface area contributed by atoms with Crippen LogP contribution in [-0.2, 0) is 7.05 Å². The van der Waals surface area contributed by atoms with Gasteiger partial charge in [-0.15, -0.1) is 0 Å². The van der Waals surface area contributed by atoms with Crippen LogP contribution in [0.25, 0.3) is 32.8 Å². The van der Waals surface area contributed by atoms with Gasteiger partial charge in [0, 0.05) is 0 Å². The number of nitrogens with zero attached hydrogens (tertiary/aromatic N) is 3. The Morgan fingerprint density at radius 1 is 0.958 bits per heavy atom. The van der Waals surface area contributed by atoms with Crippen molar-refractivity contribution in [2.45, 2.75) is 0 Å². The van der Waals surface area contributed by atoms with E-state index in [4.69, 9.17) is 0 Å². The van der Waals surface area contributed by atoms with Gasteiger partial charge < -0.3 is 4.98 Å². The van der Waals surface area contributed by atoms with Crippen molar-refractivity contribution in [2.75, 3.05) is 0 Å². The summed E-state index contributed by atoms with van der Waals surface area (Å²) in [6.07, 6.45) is 0. The van der Waals surface area contributed by atoms with Crippen LogP contribution in [0, 0.1) is 20.2 Å². The fourth-order valence-electron chi connectivity index (χ4n) is 3.17. The first kappa shape index (κ1) is 14.1. The Bertz CT molecular complexity index is 1180. The van der Waals surface area contributed by atoms with Gasteiger partial charge in [0.1, 0.15) is 18.0 Å². The number of hydrogen-bond acceptors (Lipinski definition) is 4. The van der Waals surface area contributed by atoms with Crippen LogP contribution in [0.1, 0.15) is 0 Å². The molecule has 0 spiro atoms. The maximum absolute atomic E-state index is 11.4. The standard InChI is InChI=1S/C16H10N4O4/c1-18-14-6-9(19(21)22)7-15(20(23)24)11(14)8-13-16(18)10-4-2-3-5-12(10)17-13/h2-8H,1H3/p+1. The zero-order valence-electron chi connectivity index (χ0n) is 12.5. The number of hydrogen-bond donors (Lipinski definition) is 1. The summed E-state index contributed by atoms with van der Waals surface area (Å²) < 4.78 is 1.75. The largest absolute Gasteiger partial charge is 0.349 e. The monoisotopic (exact) mass is 323 g/mol. The van der Waals surface area contributed by atoms with Crippen LogP contribution < -0.4 is 4.57 Å². The van der Waals surface area contributed by atoms with Crippen LogP contribution in [0.2, 0.25) is 0 Å². The highest BCUT2D eigenvalue weighted by molar-refractivity contribution is 6.06. The van der Waals surface area contributed by atoms with Gasteiger partial charge in [0.2, 0.25) is 11.0 Å². The maximum atomic E-state index is 11.4. The molecule has 0 aliphatic rings. The predicted molar refractivity (Wildman–Crippen MR) is 87.8 cm³/mol. The van der Waals surface area contributed by atoms with Gasteiger partial charge >= 0.3 is 0 Å². The molecule has 8 heteroatoms. The number of aromatic amines is 1. The van der Waals surface area contributed by atoms with Crippen LogP contribution in [0.5, 0.6) is 0 Å². The Balaban J connectivity index is 2.26. The van der Waals surface area contributed by atoms with Crippen LogP contribution in [-0.4, -0.2) is 14.8 Å². The molecule has 24 heavy (non-hydrogen) atoms. The Kier molecular flexibility index (Phi) is 2.77. The molecular weight excluding hydrogens is 312 g/mol. The lowest BCUT2D eigenvalue weighted by molar-refractivity contribution is -0.617. The summed E-state index contributed by atoms with van der Waals surface area (Å²) in [5, 5.41) is 23.8. The summed E-state index contributed by atoms with van der Waals surface area (Å²) in [6, 6.07) is 11.7. The van der Waals surface area contributed by atoms with Crippen molar-refractivity contribution in [1.82, 2.24) is 4.98 Å². The molecule has 0 aliphatic carbocycles. The van der Waals surface area contributed by atoms with Gasteiger partial charge in [-0.3, -0.25) is 20.2 Å². The fraction of sp³-hybridized carbons (Fsp3) is 0.0625. The lowest BCUT2D eigenvalue weighted by atomic mass is 10.1. The molecule has 118 valence electrons. The zero-order chi connectivity index (χ0) is 17.0. The van der Waals surface area contributed by atoms with Gasteiger partial charge in [-0.05, 0) is 18.2 Å². The van der Waals surface area contributed by atoms with E-state index in [0.29, 0.717) is 10.9 Å². The second kappa shape index (κ2) is 4.72. The summed E-state index contributed by atoms with van der Waals surface area (Å²) in [5.74, 6) is 0. The number of nitro groups is 2. The average Bonchev–Trinajstić information content (AvgIpc) is 2.92. The lowest BCUT2D eigenvalue weighted by Crippen LogP contribution is -2.30. The van der Waals surface area contributed by atoms with Crippen molar-refractivity contribution in [3.05, 3.63) is 62.7 Å². The van der Waals surface area contributed by atoms with Crippen molar-refractivity contribution in [1.29, 1.82) is 0 Å². The van der Waals surface area contributed by atoms with Crippen LogP contribution >= 0.6 is 0 Å². The molecule has 4 rings (SSSR count). The molecule has 0 bridgehead atoms. The van der Waals surface area contributed by atoms with Gasteiger partial charge in [-0.25, -0.2) is 0 Å². The van der Waals surface area contributed by atoms with Crippen LogP contribution in [0.4, 0.5) is 11.4 Å². The Morgan fingerprint density at radius 3 is 2.42 bits per heavy atom. The minimum atomic E-state index is -0.619. The average molecular weight is 323 g/mol. The quantitative estimate of drug-likeness (QED) is 0.347. The van der Waals surface area contributed by atoms with Gasteiger partial charge in [0.15, 0.2) is 0 Å². The van der Waals surface area contributed by atoms with Gasteiger partial charge in [-0.2, -0.15) is 4.57 Å². The molecule has 0 saturated heterocycles. The normalized spacial score (nSPS) is 11.4. The number of benzene rings is 2. The van der Waals surface area contributed by atoms with E-state index in [1.165, 1.54) is 6.07 Å². The molecule has 1 N–H and O–H groups in total. The molecule has 2 heterocycles. The van der Waals surface area contributed by atoms with Gasteiger partial charge in [-0.1, -0.05) is 12.1 Å². The Hall–Kier alpha value is -3.55. The summed E-state index contributed by atoms with van der Waals surface area (Å²) in [5.41, 5.74) is 2.33. The van der Waals surface area contributed by atoms with Crippen LogP contribution in [0.15, 0.2) is 42.5 Å². The molecule has 0 atom stereocenters. The minimum absolute atomic E-state index is 0.282. The van der Waals surface area contributed by atoms with Crippen molar-refractivity contribution in [2.24, 2.45) is 7.05 Å². The molecule has 0 aliphatic heterocycles. The van der Waals surface area contributed by atoms with Crippen LogP contribution in [0.3, 0.4) is 0 Å². The third-order valence-electron chi connectivity index (χ3n) is 4.22. The number of H-pyrrole nitrogens is 1. The maximum Gasteiger partial charge on any atom is 0.290 e. The number of nitro benzene ring substituents is 2. The van der Waals surface area contributed by atoms with Crippen molar-refractivity contribution in [3.8, 4) is 0 Å². The Labute approximate surface area is 134 Å². The summed E-state index contributed by atoms with van der Waals surface area (Å²) in [7, 11) is 1.75. The number of aryl methyl sites for hydroxylation is 1. The molecular formula is C16H11N4O4+.